The molecule has 3 aliphatic rings. The number of nitrogens with one attached hydrogen (secondary N) is 1. The van der Waals surface area contributed by atoms with Crippen LogP contribution in [0.4, 0.5) is 0 Å². The fourth-order valence-corrected chi connectivity index (χ4v) is 3.91. The highest BCUT2D eigenvalue weighted by molar-refractivity contribution is 5.94. The van der Waals surface area contributed by atoms with E-state index in [9.17, 15) is 4.79 Å². The average molecular weight is 310 g/mol. The number of nitrogens with zero attached hydrogens (tertiary/aromatic N) is 3. The Morgan fingerprint density at radius 2 is 2.09 bits per heavy atom. The van der Waals surface area contributed by atoms with E-state index >= 15 is 0 Å². The van der Waals surface area contributed by atoms with Gasteiger partial charge in [-0.15, -0.1) is 0 Å². The van der Waals surface area contributed by atoms with E-state index in [4.69, 9.17) is 0 Å². The zero-order valence-corrected chi connectivity index (χ0v) is 13.4. The Morgan fingerprint density at radius 1 is 1.26 bits per heavy atom. The van der Waals surface area contributed by atoms with Crippen LogP contribution in [0.2, 0.25) is 0 Å². The van der Waals surface area contributed by atoms with Gasteiger partial charge < -0.3 is 14.8 Å². The van der Waals surface area contributed by atoms with E-state index in [1.54, 1.807) is 6.20 Å². The predicted molar refractivity (Wildman–Crippen MR) is 89.1 cm³/mol. The van der Waals surface area contributed by atoms with Crippen molar-refractivity contribution < 1.29 is 4.79 Å². The summed E-state index contributed by atoms with van der Waals surface area (Å²) in [6.45, 7) is 3.37. The Labute approximate surface area is 136 Å². The van der Waals surface area contributed by atoms with Crippen LogP contribution in [0.1, 0.15) is 23.3 Å². The van der Waals surface area contributed by atoms with Gasteiger partial charge in [0, 0.05) is 43.3 Å². The zero-order valence-electron chi connectivity index (χ0n) is 13.4. The number of amides is 1. The smallest absolute Gasteiger partial charge is 0.268 e. The summed E-state index contributed by atoms with van der Waals surface area (Å²) in [4.78, 5) is 19.3. The Kier molecular flexibility index (Phi) is 3.65. The number of pyridine rings is 1. The highest BCUT2D eigenvalue weighted by Crippen LogP contribution is 2.28. The van der Waals surface area contributed by atoms with Crippen LogP contribution in [0, 0.1) is 5.92 Å². The van der Waals surface area contributed by atoms with E-state index in [-0.39, 0.29) is 5.91 Å². The molecule has 5 heteroatoms. The van der Waals surface area contributed by atoms with Crippen LogP contribution in [0.15, 0.2) is 36.7 Å². The van der Waals surface area contributed by atoms with Gasteiger partial charge >= 0.3 is 0 Å². The molecular formula is C18H22N4O. The number of carbonyl (C=O) groups is 1. The van der Waals surface area contributed by atoms with Crippen LogP contribution < -0.4 is 5.32 Å². The number of rotatable bonds is 3. The molecule has 0 aliphatic carbocycles. The Balaban J connectivity index is 1.52. The second-order valence-corrected chi connectivity index (χ2v) is 6.62. The number of fused-ring (bicyclic) bond motifs is 3. The van der Waals surface area contributed by atoms with Crippen molar-refractivity contribution in [2.45, 2.75) is 18.9 Å². The molecule has 5 heterocycles. The largest absolute Gasteiger partial charge is 0.346 e. The van der Waals surface area contributed by atoms with Crippen LogP contribution >= 0.6 is 0 Å². The second kappa shape index (κ2) is 5.81. The molecule has 0 unspecified atom stereocenters. The lowest BCUT2D eigenvalue weighted by Crippen LogP contribution is -2.57. The number of carbonyl (C=O) groups excluding carboxylic acids is 1. The fraction of sp³-hybridized carbons (Fsp3) is 0.444. The van der Waals surface area contributed by atoms with E-state index in [0.29, 0.717) is 17.7 Å². The SMILES string of the molecule is Cn1c(C(=O)N[C@H]2CN3CCC2CC3)ccc1-c1cccnc1. The van der Waals surface area contributed by atoms with Crippen molar-refractivity contribution in [3.05, 3.63) is 42.4 Å². The Morgan fingerprint density at radius 3 is 2.74 bits per heavy atom. The van der Waals surface area contributed by atoms with Gasteiger partial charge in [-0.05, 0) is 56.1 Å². The van der Waals surface area contributed by atoms with Crippen LogP contribution in [0.5, 0.6) is 0 Å². The highest BCUT2D eigenvalue weighted by atomic mass is 16.2. The van der Waals surface area contributed by atoms with Gasteiger partial charge in [0.05, 0.1) is 0 Å². The second-order valence-electron chi connectivity index (χ2n) is 6.62. The minimum Gasteiger partial charge on any atom is -0.346 e. The van der Waals surface area contributed by atoms with E-state index in [2.05, 4.69) is 15.2 Å². The summed E-state index contributed by atoms with van der Waals surface area (Å²) < 4.78 is 1.95. The maximum Gasteiger partial charge on any atom is 0.268 e. The molecule has 2 aromatic heterocycles. The third-order valence-electron chi connectivity index (χ3n) is 5.28. The van der Waals surface area contributed by atoms with Gasteiger partial charge in [0.15, 0.2) is 0 Å². The maximum absolute atomic E-state index is 12.7. The Bertz CT molecular complexity index is 701. The molecule has 1 atom stereocenters. The van der Waals surface area contributed by atoms with Gasteiger partial charge in [-0.1, -0.05) is 0 Å². The third kappa shape index (κ3) is 2.65. The molecule has 0 radical (unpaired) electrons. The van der Waals surface area contributed by atoms with Gasteiger partial charge in [0.1, 0.15) is 5.69 Å². The quantitative estimate of drug-likeness (QED) is 0.942. The fourth-order valence-electron chi connectivity index (χ4n) is 3.91. The van der Waals surface area contributed by atoms with Gasteiger partial charge in [0.25, 0.3) is 5.91 Å². The third-order valence-corrected chi connectivity index (χ3v) is 5.28. The summed E-state index contributed by atoms with van der Waals surface area (Å²) in [5.41, 5.74) is 2.74. The summed E-state index contributed by atoms with van der Waals surface area (Å²) in [7, 11) is 1.94. The van der Waals surface area contributed by atoms with Crippen molar-refractivity contribution in [1.82, 2.24) is 19.8 Å². The van der Waals surface area contributed by atoms with Crippen LogP contribution in [0.25, 0.3) is 11.3 Å². The van der Waals surface area contributed by atoms with E-state index in [1.165, 1.54) is 25.9 Å². The number of hydrogen-bond donors (Lipinski definition) is 1. The molecule has 3 saturated heterocycles. The first-order valence-corrected chi connectivity index (χ1v) is 8.32. The zero-order chi connectivity index (χ0) is 15.8. The van der Waals surface area contributed by atoms with Crippen LogP contribution in [-0.4, -0.2) is 46.0 Å². The summed E-state index contributed by atoms with van der Waals surface area (Å²) in [5.74, 6) is 0.670. The molecule has 2 aromatic rings. The van der Waals surface area contributed by atoms with Crippen LogP contribution in [-0.2, 0) is 7.05 Å². The molecule has 0 aromatic carbocycles. The molecular weight excluding hydrogens is 288 g/mol. The number of piperidine rings is 3. The van der Waals surface area contributed by atoms with Crippen molar-refractivity contribution in [3.63, 3.8) is 0 Å². The normalized spacial score (nSPS) is 26.2. The van der Waals surface area contributed by atoms with Gasteiger partial charge in [-0.2, -0.15) is 0 Å². The van der Waals surface area contributed by atoms with E-state index in [1.807, 2.05) is 42.1 Å². The molecule has 120 valence electrons. The molecule has 3 fully saturated rings. The minimum absolute atomic E-state index is 0.0291. The first kappa shape index (κ1) is 14.5. The van der Waals surface area contributed by atoms with Crippen molar-refractivity contribution in [1.29, 1.82) is 0 Å². The summed E-state index contributed by atoms with van der Waals surface area (Å²) in [6, 6.07) is 8.11. The molecule has 5 nitrogen and oxygen atoms in total. The molecule has 1 N–H and O–H groups in total. The molecule has 3 aliphatic heterocycles. The molecule has 0 spiro atoms. The summed E-state index contributed by atoms with van der Waals surface area (Å²) >= 11 is 0. The molecule has 23 heavy (non-hydrogen) atoms. The van der Waals surface area contributed by atoms with Crippen molar-refractivity contribution >= 4 is 5.91 Å². The van der Waals surface area contributed by atoms with Crippen molar-refractivity contribution in [2.24, 2.45) is 13.0 Å². The lowest BCUT2D eigenvalue weighted by Gasteiger charge is -2.44. The molecule has 1 amide bonds. The Hall–Kier alpha value is -2.14. The van der Waals surface area contributed by atoms with E-state index in [0.717, 1.165) is 17.8 Å². The molecule has 2 bridgehead atoms. The van der Waals surface area contributed by atoms with Crippen molar-refractivity contribution in [3.8, 4) is 11.3 Å². The molecule has 5 rings (SSSR count). The first-order chi connectivity index (χ1) is 11.2. The lowest BCUT2D eigenvalue weighted by molar-refractivity contribution is 0.0616. The number of aromatic nitrogens is 2. The van der Waals surface area contributed by atoms with Crippen LogP contribution in [0.3, 0.4) is 0 Å². The number of hydrogen-bond acceptors (Lipinski definition) is 3. The molecule has 0 saturated carbocycles. The first-order valence-electron chi connectivity index (χ1n) is 8.32. The summed E-state index contributed by atoms with van der Waals surface area (Å²) in [6.07, 6.45) is 6.00. The van der Waals surface area contributed by atoms with E-state index < -0.39 is 0 Å². The highest BCUT2D eigenvalue weighted by Gasteiger charge is 2.35. The lowest BCUT2D eigenvalue weighted by atomic mass is 9.84. The average Bonchev–Trinajstić information content (AvgIpc) is 2.98. The van der Waals surface area contributed by atoms with Gasteiger partial charge in [-0.25, -0.2) is 0 Å². The monoisotopic (exact) mass is 310 g/mol. The standard InChI is InChI=1S/C18H22N4O/c1-21-16(14-3-2-8-19-11-14)4-5-17(21)18(23)20-15-12-22-9-6-13(15)7-10-22/h2-5,8,11,13,15H,6-7,9-10,12H2,1H3,(H,20,23)/t15-/m0/s1. The topological polar surface area (TPSA) is 50.2 Å². The van der Waals surface area contributed by atoms with Crippen molar-refractivity contribution in [2.75, 3.05) is 19.6 Å². The maximum atomic E-state index is 12.7. The predicted octanol–water partition coefficient (Wildman–Crippen LogP) is 1.91. The van der Waals surface area contributed by atoms with Gasteiger partial charge in [-0.3, -0.25) is 9.78 Å². The van der Waals surface area contributed by atoms with Gasteiger partial charge in [0.2, 0.25) is 0 Å². The summed E-state index contributed by atoms with van der Waals surface area (Å²) in [5, 5.41) is 3.26. The minimum atomic E-state index is 0.0291.